The quantitative estimate of drug-likeness (QED) is 0.907. The van der Waals surface area contributed by atoms with Crippen LogP contribution in [-0.2, 0) is 0 Å². The number of halogens is 1. The number of aromatic nitrogens is 2. The molecule has 0 aliphatic heterocycles. The van der Waals surface area contributed by atoms with Gasteiger partial charge in [0.2, 0.25) is 5.88 Å². The van der Waals surface area contributed by atoms with Crippen molar-refractivity contribution >= 4 is 33.1 Å². The summed E-state index contributed by atoms with van der Waals surface area (Å²) in [5.41, 5.74) is 9.53. The SMILES string of the molecule is COc1ncnc(Nc2c(C)cc(Br)cc2C)c1N. The lowest BCUT2D eigenvalue weighted by atomic mass is 10.1. The largest absolute Gasteiger partial charge is 0.479 e. The minimum atomic E-state index is 0.366. The van der Waals surface area contributed by atoms with Crippen LogP contribution in [0.4, 0.5) is 17.2 Å². The second-order valence-electron chi connectivity index (χ2n) is 4.18. The third-order valence-electron chi connectivity index (χ3n) is 2.78. The van der Waals surface area contributed by atoms with Crippen molar-refractivity contribution < 1.29 is 4.74 Å². The fourth-order valence-electron chi connectivity index (χ4n) is 1.87. The van der Waals surface area contributed by atoms with E-state index in [1.165, 1.54) is 13.4 Å². The Morgan fingerprint density at radius 1 is 1.21 bits per heavy atom. The van der Waals surface area contributed by atoms with E-state index < -0.39 is 0 Å². The molecule has 3 N–H and O–H groups in total. The summed E-state index contributed by atoms with van der Waals surface area (Å²) in [6.45, 7) is 4.05. The number of aryl methyl sites for hydroxylation is 2. The number of hydrogen-bond acceptors (Lipinski definition) is 5. The Morgan fingerprint density at radius 2 is 1.84 bits per heavy atom. The van der Waals surface area contributed by atoms with Crippen molar-refractivity contribution in [1.82, 2.24) is 9.97 Å². The molecule has 2 aromatic rings. The number of nitrogens with two attached hydrogens (primary N) is 1. The number of ether oxygens (including phenoxy) is 1. The van der Waals surface area contributed by atoms with Crippen LogP contribution in [0.1, 0.15) is 11.1 Å². The molecule has 0 radical (unpaired) electrons. The number of methoxy groups -OCH3 is 1. The molecule has 0 saturated carbocycles. The third kappa shape index (κ3) is 2.78. The molecule has 0 aliphatic rings. The van der Waals surface area contributed by atoms with Crippen molar-refractivity contribution in [3.8, 4) is 5.88 Å². The van der Waals surface area contributed by atoms with Crippen LogP contribution in [0.25, 0.3) is 0 Å². The lowest BCUT2D eigenvalue weighted by molar-refractivity contribution is 0.399. The molecule has 2 rings (SSSR count). The number of nitrogen functional groups attached to an aromatic ring is 1. The first-order chi connectivity index (χ1) is 9.02. The summed E-state index contributed by atoms with van der Waals surface area (Å²) in [7, 11) is 1.53. The average Bonchev–Trinajstić information content (AvgIpc) is 2.35. The number of rotatable bonds is 3. The molecule has 0 aliphatic carbocycles. The smallest absolute Gasteiger partial charge is 0.242 e. The molecule has 0 saturated heterocycles. The minimum Gasteiger partial charge on any atom is -0.479 e. The Balaban J connectivity index is 2.42. The van der Waals surface area contributed by atoms with Crippen LogP contribution in [-0.4, -0.2) is 17.1 Å². The van der Waals surface area contributed by atoms with Crippen LogP contribution in [0.2, 0.25) is 0 Å². The molecule has 0 fully saturated rings. The number of anilines is 3. The van der Waals surface area contributed by atoms with Gasteiger partial charge in [0, 0.05) is 10.2 Å². The molecular formula is C13H15BrN4O. The Bertz CT molecular complexity index is 593. The van der Waals surface area contributed by atoms with Gasteiger partial charge in [-0.15, -0.1) is 0 Å². The van der Waals surface area contributed by atoms with Gasteiger partial charge in [0.05, 0.1) is 7.11 Å². The predicted molar refractivity (Wildman–Crippen MR) is 79.9 cm³/mol. The monoisotopic (exact) mass is 322 g/mol. The second kappa shape index (κ2) is 5.44. The predicted octanol–water partition coefficient (Wildman–Crippen LogP) is 3.19. The van der Waals surface area contributed by atoms with Crippen molar-refractivity contribution in [2.75, 3.05) is 18.2 Å². The number of hydrogen-bond donors (Lipinski definition) is 2. The number of benzene rings is 1. The lowest BCUT2D eigenvalue weighted by Gasteiger charge is -2.14. The van der Waals surface area contributed by atoms with Crippen molar-refractivity contribution in [3.05, 3.63) is 34.1 Å². The van der Waals surface area contributed by atoms with Crippen LogP contribution >= 0.6 is 15.9 Å². The maximum atomic E-state index is 5.95. The molecule has 100 valence electrons. The fourth-order valence-corrected chi connectivity index (χ4v) is 2.55. The van der Waals surface area contributed by atoms with Crippen LogP contribution in [0, 0.1) is 13.8 Å². The molecule has 0 amide bonds. The third-order valence-corrected chi connectivity index (χ3v) is 3.24. The fraction of sp³-hybridized carbons (Fsp3) is 0.231. The van der Waals surface area contributed by atoms with Crippen molar-refractivity contribution in [2.24, 2.45) is 0 Å². The molecule has 1 aromatic heterocycles. The maximum Gasteiger partial charge on any atom is 0.242 e. The molecule has 1 heterocycles. The zero-order chi connectivity index (χ0) is 14.0. The zero-order valence-electron chi connectivity index (χ0n) is 11.0. The summed E-state index contributed by atoms with van der Waals surface area (Å²) in [4.78, 5) is 8.10. The number of nitrogens with one attached hydrogen (secondary N) is 1. The van der Waals surface area contributed by atoms with E-state index >= 15 is 0 Å². The van der Waals surface area contributed by atoms with Gasteiger partial charge < -0.3 is 15.8 Å². The van der Waals surface area contributed by atoms with Crippen molar-refractivity contribution in [3.63, 3.8) is 0 Å². The molecule has 0 unspecified atom stereocenters. The van der Waals surface area contributed by atoms with Gasteiger partial charge in [0.25, 0.3) is 0 Å². The van der Waals surface area contributed by atoms with E-state index in [-0.39, 0.29) is 0 Å². The van der Waals surface area contributed by atoms with Crippen LogP contribution < -0.4 is 15.8 Å². The lowest BCUT2D eigenvalue weighted by Crippen LogP contribution is -2.05. The van der Waals surface area contributed by atoms with Gasteiger partial charge in [0.1, 0.15) is 12.0 Å². The van der Waals surface area contributed by atoms with Crippen molar-refractivity contribution in [1.29, 1.82) is 0 Å². The van der Waals surface area contributed by atoms with Crippen molar-refractivity contribution in [2.45, 2.75) is 13.8 Å². The molecule has 0 bridgehead atoms. The van der Waals surface area contributed by atoms with Crippen LogP contribution in [0.5, 0.6) is 5.88 Å². The normalized spacial score (nSPS) is 10.3. The van der Waals surface area contributed by atoms with E-state index in [1.54, 1.807) is 0 Å². The van der Waals surface area contributed by atoms with Crippen LogP contribution in [0.3, 0.4) is 0 Å². The van der Waals surface area contributed by atoms with Gasteiger partial charge in [-0.05, 0) is 37.1 Å². The summed E-state index contributed by atoms with van der Waals surface area (Å²) in [6.07, 6.45) is 1.42. The Hall–Kier alpha value is -1.82. The Morgan fingerprint density at radius 3 is 2.42 bits per heavy atom. The Labute approximate surface area is 120 Å². The summed E-state index contributed by atoms with van der Waals surface area (Å²) >= 11 is 3.47. The molecule has 0 spiro atoms. The van der Waals surface area contributed by atoms with E-state index in [2.05, 4.69) is 31.2 Å². The first-order valence-electron chi connectivity index (χ1n) is 5.71. The van der Waals surface area contributed by atoms with Gasteiger partial charge in [-0.3, -0.25) is 0 Å². The van der Waals surface area contributed by atoms with E-state index in [4.69, 9.17) is 10.5 Å². The van der Waals surface area contributed by atoms with E-state index in [9.17, 15) is 0 Å². The molecule has 0 atom stereocenters. The van der Waals surface area contributed by atoms with Gasteiger partial charge in [-0.1, -0.05) is 15.9 Å². The highest BCUT2D eigenvalue weighted by Crippen LogP contribution is 2.31. The number of nitrogens with zero attached hydrogens (tertiary/aromatic N) is 2. The maximum absolute atomic E-state index is 5.95. The zero-order valence-corrected chi connectivity index (χ0v) is 12.6. The minimum absolute atomic E-state index is 0.366. The van der Waals surface area contributed by atoms with E-state index in [0.717, 1.165) is 21.3 Å². The first kappa shape index (κ1) is 13.6. The highest BCUT2D eigenvalue weighted by atomic mass is 79.9. The first-order valence-corrected chi connectivity index (χ1v) is 6.50. The molecule has 6 heteroatoms. The Kier molecular flexibility index (Phi) is 3.90. The van der Waals surface area contributed by atoms with Gasteiger partial charge in [-0.2, -0.15) is 4.98 Å². The molecule has 1 aromatic carbocycles. The average molecular weight is 323 g/mol. The summed E-state index contributed by atoms with van der Waals surface area (Å²) in [5, 5.41) is 3.23. The topological polar surface area (TPSA) is 73.1 Å². The standard InChI is InChI=1S/C13H15BrN4O/c1-7-4-9(14)5-8(2)11(7)18-12-10(15)13(19-3)17-6-16-12/h4-6H,15H2,1-3H3,(H,16,17,18). The highest BCUT2D eigenvalue weighted by molar-refractivity contribution is 9.10. The molecular weight excluding hydrogens is 308 g/mol. The van der Waals surface area contributed by atoms with Gasteiger partial charge in [0.15, 0.2) is 5.82 Å². The summed E-state index contributed by atoms with van der Waals surface area (Å²) < 4.78 is 6.12. The summed E-state index contributed by atoms with van der Waals surface area (Å²) in [5.74, 6) is 0.908. The van der Waals surface area contributed by atoms with E-state index in [1.807, 2.05) is 26.0 Å². The van der Waals surface area contributed by atoms with E-state index in [0.29, 0.717) is 17.4 Å². The van der Waals surface area contributed by atoms with Gasteiger partial charge >= 0.3 is 0 Å². The highest BCUT2D eigenvalue weighted by Gasteiger charge is 2.11. The summed E-state index contributed by atoms with van der Waals surface area (Å²) in [6, 6.07) is 4.06. The van der Waals surface area contributed by atoms with Crippen LogP contribution in [0.15, 0.2) is 22.9 Å². The molecule has 5 nitrogen and oxygen atoms in total. The van der Waals surface area contributed by atoms with Gasteiger partial charge in [-0.25, -0.2) is 4.98 Å². The second-order valence-corrected chi connectivity index (χ2v) is 5.10. The molecule has 19 heavy (non-hydrogen) atoms.